The van der Waals surface area contributed by atoms with Gasteiger partial charge in [0.05, 0.1) is 5.52 Å². The molecule has 0 fully saturated rings. The van der Waals surface area contributed by atoms with Gasteiger partial charge in [-0.2, -0.15) is 0 Å². The van der Waals surface area contributed by atoms with Crippen LogP contribution in [0.15, 0.2) is 48.8 Å². The monoisotopic (exact) mass is 222 g/mol. The van der Waals surface area contributed by atoms with Crippen LogP contribution in [0.4, 0.5) is 5.82 Å². The van der Waals surface area contributed by atoms with Crippen molar-refractivity contribution in [2.75, 3.05) is 5.73 Å². The molecule has 0 aliphatic rings. The van der Waals surface area contributed by atoms with Crippen LogP contribution in [0, 0.1) is 0 Å². The Labute approximate surface area is 98.2 Å². The standard InChI is InChI=1S/C13H10N4/c14-12-5-6-15-13(17-12)10-7-9-3-1-2-4-11(9)16-8-10/h1-8H,(H2,14,15,17). The highest BCUT2D eigenvalue weighted by Crippen LogP contribution is 2.19. The molecule has 2 heterocycles. The van der Waals surface area contributed by atoms with E-state index in [1.54, 1.807) is 18.5 Å². The van der Waals surface area contributed by atoms with Crippen molar-refractivity contribution >= 4 is 16.7 Å². The molecule has 82 valence electrons. The second-order valence-corrected chi connectivity index (χ2v) is 3.72. The number of fused-ring (bicyclic) bond motifs is 1. The van der Waals surface area contributed by atoms with Gasteiger partial charge in [0, 0.05) is 23.3 Å². The highest BCUT2D eigenvalue weighted by atomic mass is 14.9. The third-order valence-corrected chi connectivity index (χ3v) is 2.53. The van der Waals surface area contributed by atoms with Crippen LogP contribution in [0.25, 0.3) is 22.3 Å². The molecule has 0 radical (unpaired) electrons. The quantitative estimate of drug-likeness (QED) is 0.686. The summed E-state index contributed by atoms with van der Waals surface area (Å²) in [7, 11) is 0. The fourth-order valence-electron chi connectivity index (χ4n) is 1.71. The van der Waals surface area contributed by atoms with Gasteiger partial charge in [-0.15, -0.1) is 0 Å². The number of anilines is 1. The summed E-state index contributed by atoms with van der Waals surface area (Å²) < 4.78 is 0. The van der Waals surface area contributed by atoms with Crippen molar-refractivity contribution in [2.24, 2.45) is 0 Å². The van der Waals surface area contributed by atoms with E-state index in [0.717, 1.165) is 16.5 Å². The Morgan fingerprint density at radius 1 is 1.00 bits per heavy atom. The summed E-state index contributed by atoms with van der Waals surface area (Å²) in [5.41, 5.74) is 7.47. The van der Waals surface area contributed by atoms with Crippen LogP contribution in [0.3, 0.4) is 0 Å². The van der Waals surface area contributed by atoms with Crippen LogP contribution < -0.4 is 5.73 Å². The summed E-state index contributed by atoms with van der Waals surface area (Å²) in [5, 5.41) is 1.07. The fraction of sp³-hybridized carbons (Fsp3) is 0. The van der Waals surface area contributed by atoms with Crippen LogP contribution in [0.1, 0.15) is 0 Å². The zero-order valence-corrected chi connectivity index (χ0v) is 9.04. The first kappa shape index (κ1) is 9.72. The zero-order chi connectivity index (χ0) is 11.7. The molecular weight excluding hydrogens is 212 g/mol. The number of benzene rings is 1. The summed E-state index contributed by atoms with van der Waals surface area (Å²) in [5.74, 6) is 1.06. The van der Waals surface area contributed by atoms with Gasteiger partial charge >= 0.3 is 0 Å². The first-order chi connectivity index (χ1) is 8.33. The van der Waals surface area contributed by atoms with Crippen LogP contribution in [0.2, 0.25) is 0 Å². The molecule has 2 aromatic heterocycles. The van der Waals surface area contributed by atoms with Crippen LogP contribution in [-0.4, -0.2) is 15.0 Å². The van der Waals surface area contributed by atoms with E-state index in [9.17, 15) is 0 Å². The van der Waals surface area contributed by atoms with Crippen molar-refractivity contribution in [3.8, 4) is 11.4 Å². The maximum Gasteiger partial charge on any atom is 0.163 e. The smallest absolute Gasteiger partial charge is 0.163 e. The first-order valence-corrected chi connectivity index (χ1v) is 5.26. The van der Waals surface area contributed by atoms with Gasteiger partial charge in [-0.3, -0.25) is 4.98 Å². The minimum Gasteiger partial charge on any atom is -0.384 e. The predicted molar refractivity (Wildman–Crippen MR) is 67.2 cm³/mol. The molecule has 17 heavy (non-hydrogen) atoms. The largest absolute Gasteiger partial charge is 0.384 e. The van der Waals surface area contributed by atoms with E-state index >= 15 is 0 Å². The maximum atomic E-state index is 5.64. The van der Waals surface area contributed by atoms with Crippen molar-refractivity contribution < 1.29 is 0 Å². The Morgan fingerprint density at radius 2 is 1.88 bits per heavy atom. The number of nitrogens with zero attached hydrogens (tertiary/aromatic N) is 3. The number of nitrogens with two attached hydrogens (primary N) is 1. The van der Waals surface area contributed by atoms with E-state index in [1.165, 1.54) is 0 Å². The summed E-state index contributed by atoms with van der Waals surface area (Å²) in [6.45, 7) is 0. The molecule has 0 unspecified atom stereocenters. The molecule has 0 spiro atoms. The van der Waals surface area contributed by atoms with E-state index in [2.05, 4.69) is 15.0 Å². The molecule has 0 atom stereocenters. The van der Waals surface area contributed by atoms with E-state index < -0.39 is 0 Å². The van der Waals surface area contributed by atoms with Gasteiger partial charge in [0.1, 0.15) is 5.82 Å². The van der Waals surface area contributed by atoms with Crippen LogP contribution in [0.5, 0.6) is 0 Å². The topological polar surface area (TPSA) is 64.7 Å². The molecule has 4 nitrogen and oxygen atoms in total. The van der Waals surface area contributed by atoms with Gasteiger partial charge in [0.15, 0.2) is 5.82 Å². The molecule has 3 aromatic rings. The number of para-hydroxylation sites is 1. The Balaban J connectivity index is 2.18. The van der Waals surface area contributed by atoms with Crippen molar-refractivity contribution in [1.82, 2.24) is 15.0 Å². The zero-order valence-electron chi connectivity index (χ0n) is 9.04. The number of nitrogen functional groups attached to an aromatic ring is 1. The molecule has 0 aliphatic heterocycles. The fourth-order valence-corrected chi connectivity index (χ4v) is 1.71. The lowest BCUT2D eigenvalue weighted by atomic mass is 10.1. The average Bonchev–Trinajstić information content (AvgIpc) is 2.38. The molecule has 0 saturated heterocycles. The first-order valence-electron chi connectivity index (χ1n) is 5.26. The van der Waals surface area contributed by atoms with Gasteiger partial charge < -0.3 is 5.73 Å². The van der Waals surface area contributed by atoms with Crippen LogP contribution >= 0.6 is 0 Å². The van der Waals surface area contributed by atoms with Crippen molar-refractivity contribution in [1.29, 1.82) is 0 Å². The Bertz CT molecular complexity index is 679. The lowest BCUT2D eigenvalue weighted by Gasteiger charge is -2.02. The number of hydrogen-bond donors (Lipinski definition) is 1. The number of pyridine rings is 1. The van der Waals surface area contributed by atoms with E-state index in [0.29, 0.717) is 11.6 Å². The maximum absolute atomic E-state index is 5.64. The molecular formula is C13H10N4. The van der Waals surface area contributed by atoms with Gasteiger partial charge in [0.25, 0.3) is 0 Å². The third-order valence-electron chi connectivity index (χ3n) is 2.53. The molecule has 3 rings (SSSR count). The van der Waals surface area contributed by atoms with Gasteiger partial charge in [-0.25, -0.2) is 9.97 Å². The SMILES string of the molecule is Nc1ccnc(-c2cnc3ccccc3c2)n1. The molecule has 2 N–H and O–H groups in total. The molecule has 1 aromatic carbocycles. The molecule has 4 heteroatoms. The molecule has 0 saturated carbocycles. The number of hydrogen-bond acceptors (Lipinski definition) is 4. The summed E-state index contributed by atoms with van der Waals surface area (Å²) in [6, 6.07) is 11.6. The normalized spacial score (nSPS) is 10.6. The Hall–Kier alpha value is -2.49. The lowest BCUT2D eigenvalue weighted by Crippen LogP contribution is -1.94. The number of rotatable bonds is 1. The van der Waals surface area contributed by atoms with Crippen molar-refractivity contribution in [3.05, 3.63) is 48.8 Å². The van der Waals surface area contributed by atoms with Crippen molar-refractivity contribution in [2.45, 2.75) is 0 Å². The molecule has 0 bridgehead atoms. The van der Waals surface area contributed by atoms with E-state index in [1.807, 2.05) is 30.3 Å². The average molecular weight is 222 g/mol. The van der Waals surface area contributed by atoms with Crippen LogP contribution in [-0.2, 0) is 0 Å². The third kappa shape index (κ3) is 1.80. The minimum absolute atomic E-state index is 0.461. The Morgan fingerprint density at radius 3 is 2.76 bits per heavy atom. The summed E-state index contributed by atoms with van der Waals surface area (Å²) in [6.07, 6.45) is 3.41. The number of aromatic nitrogens is 3. The molecule has 0 amide bonds. The Kier molecular flexibility index (Phi) is 2.19. The minimum atomic E-state index is 0.461. The van der Waals surface area contributed by atoms with Gasteiger partial charge in [-0.05, 0) is 18.2 Å². The van der Waals surface area contributed by atoms with E-state index in [4.69, 9.17) is 5.73 Å². The summed E-state index contributed by atoms with van der Waals surface area (Å²) >= 11 is 0. The second-order valence-electron chi connectivity index (χ2n) is 3.72. The second kappa shape index (κ2) is 3.83. The van der Waals surface area contributed by atoms with E-state index in [-0.39, 0.29) is 0 Å². The van der Waals surface area contributed by atoms with Crippen molar-refractivity contribution in [3.63, 3.8) is 0 Å². The highest BCUT2D eigenvalue weighted by molar-refractivity contribution is 5.82. The molecule has 0 aliphatic carbocycles. The predicted octanol–water partition coefficient (Wildman–Crippen LogP) is 2.27. The van der Waals surface area contributed by atoms with Gasteiger partial charge in [0.2, 0.25) is 0 Å². The highest BCUT2D eigenvalue weighted by Gasteiger charge is 2.03. The lowest BCUT2D eigenvalue weighted by molar-refractivity contribution is 1.18. The summed E-state index contributed by atoms with van der Waals surface area (Å²) in [4.78, 5) is 12.7. The van der Waals surface area contributed by atoms with Gasteiger partial charge in [-0.1, -0.05) is 18.2 Å².